The van der Waals surface area contributed by atoms with Crippen molar-refractivity contribution in [2.24, 2.45) is 0 Å². The van der Waals surface area contributed by atoms with Crippen molar-refractivity contribution >= 4 is 46.7 Å². The van der Waals surface area contributed by atoms with E-state index in [1.807, 2.05) is 10.8 Å². The number of thiophene rings is 1. The van der Waals surface area contributed by atoms with Gasteiger partial charge in [-0.15, -0.1) is 11.3 Å². The molecule has 3 atom stereocenters. The Morgan fingerprint density at radius 1 is 1.10 bits per heavy atom. The molecule has 40 heavy (non-hydrogen) atoms. The van der Waals surface area contributed by atoms with E-state index in [-0.39, 0.29) is 34.2 Å². The van der Waals surface area contributed by atoms with E-state index in [1.54, 1.807) is 22.3 Å². The van der Waals surface area contributed by atoms with Crippen LogP contribution in [0.4, 0.5) is 8.78 Å². The maximum Gasteiger partial charge on any atom is 0.399 e. The molecular weight excluding hydrogens is 567 g/mol. The van der Waals surface area contributed by atoms with Crippen LogP contribution in [-0.4, -0.2) is 78.1 Å². The lowest BCUT2D eigenvalue weighted by atomic mass is 9.98. The van der Waals surface area contributed by atoms with E-state index >= 15 is 0 Å². The van der Waals surface area contributed by atoms with E-state index in [9.17, 15) is 27.7 Å². The second kappa shape index (κ2) is 9.72. The molecule has 3 fully saturated rings. The fraction of sp³-hybridized carbons (Fsp3) is 0.440. The smallest absolute Gasteiger partial charge is 0.340 e. The Morgan fingerprint density at radius 3 is 2.55 bits per heavy atom. The van der Waals surface area contributed by atoms with Crippen molar-refractivity contribution in [1.82, 2.24) is 24.7 Å². The topological polar surface area (TPSA) is 145 Å². The predicted molar refractivity (Wildman–Crippen MR) is 140 cm³/mol. The SMILES string of the molecule is O=C(N[C@H]1CC[C@H]2CC[C@@H](C(=O)N3CC(n4ccnc4)C3)N2C1=O)c1cc2cc(C(F)(F)P(=O)(O)O)ccc2s1. The van der Waals surface area contributed by atoms with Crippen LogP contribution in [0.1, 0.15) is 47.0 Å². The third-order valence-electron chi connectivity index (χ3n) is 8.01. The summed E-state index contributed by atoms with van der Waals surface area (Å²) in [5.74, 6) is -0.960. The molecule has 212 valence electrons. The average molecular weight is 594 g/mol. The van der Waals surface area contributed by atoms with Gasteiger partial charge in [0.05, 0.1) is 17.2 Å². The maximum absolute atomic E-state index is 14.2. The normalized spacial score (nSPS) is 23.8. The van der Waals surface area contributed by atoms with Gasteiger partial charge in [-0.3, -0.25) is 18.9 Å². The lowest BCUT2D eigenvalue weighted by molar-refractivity contribution is -0.151. The number of amides is 3. The Labute approximate surface area is 230 Å². The van der Waals surface area contributed by atoms with Gasteiger partial charge in [0.15, 0.2) is 0 Å². The van der Waals surface area contributed by atoms with Crippen molar-refractivity contribution in [1.29, 1.82) is 0 Å². The summed E-state index contributed by atoms with van der Waals surface area (Å²) in [4.78, 5) is 65.4. The molecule has 1 aromatic carbocycles. The number of benzene rings is 1. The fourth-order valence-corrected chi connectivity index (χ4v) is 7.22. The summed E-state index contributed by atoms with van der Waals surface area (Å²) >= 11 is 1.02. The number of rotatable bonds is 6. The number of alkyl halides is 2. The molecule has 5 heterocycles. The molecule has 0 spiro atoms. The largest absolute Gasteiger partial charge is 0.399 e. The first-order valence-corrected chi connectivity index (χ1v) is 15.2. The van der Waals surface area contributed by atoms with Gasteiger partial charge in [0.1, 0.15) is 12.1 Å². The molecule has 0 radical (unpaired) electrons. The molecule has 2 aromatic heterocycles. The summed E-state index contributed by atoms with van der Waals surface area (Å²) < 4.78 is 42.0. The van der Waals surface area contributed by atoms with Gasteiger partial charge < -0.3 is 29.5 Å². The zero-order valence-electron chi connectivity index (χ0n) is 21.0. The minimum absolute atomic E-state index is 0.0567. The number of nitrogens with one attached hydrogen (secondary N) is 1. The Bertz CT molecular complexity index is 1540. The number of carbonyl (C=O) groups excluding carboxylic acids is 3. The van der Waals surface area contributed by atoms with Crippen molar-refractivity contribution in [3.05, 3.63) is 53.4 Å². The molecule has 3 aromatic rings. The third kappa shape index (κ3) is 4.52. The van der Waals surface area contributed by atoms with Crippen molar-refractivity contribution in [3.8, 4) is 0 Å². The minimum atomic E-state index is -5.73. The van der Waals surface area contributed by atoms with Crippen LogP contribution in [0.3, 0.4) is 0 Å². The summed E-state index contributed by atoms with van der Waals surface area (Å²) in [6.45, 7) is 1.10. The minimum Gasteiger partial charge on any atom is -0.340 e. The molecule has 0 unspecified atom stereocenters. The van der Waals surface area contributed by atoms with Gasteiger partial charge in [0.2, 0.25) is 11.8 Å². The van der Waals surface area contributed by atoms with E-state index in [1.165, 1.54) is 12.1 Å². The van der Waals surface area contributed by atoms with Crippen molar-refractivity contribution < 1.29 is 37.5 Å². The Morgan fingerprint density at radius 2 is 1.85 bits per heavy atom. The zero-order valence-corrected chi connectivity index (χ0v) is 22.7. The highest BCUT2D eigenvalue weighted by Crippen LogP contribution is 2.59. The Balaban J connectivity index is 1.13. The predicted octanol–water partition coefficient (Wildman–Crippen LogP) is 2.66. The van der Waals surface area contributed by atoms with E-state index in [2.05, 4.69) is 10.3 Å². The van der Waals surface area contributed by atoms with Crippen LogP contribution in [0.2, 0.25) is 0 Å². The molecule has 3 saturated heterocycles. The Kier molecular flexibility index (Phi) is 6.56. The number of hydrogen-bond donors (Lipinski definition) is 3. The second-order valence-corrected chi connectivity index (χ2v) is 13.2. The summed E-state index contributed by atoms with van der Waals surface area (Å²) in [5, 5.41) is 2.97. The number of likely N-dealkylation sites (tertiary alicyclic amines) is 1. The Hall–Kier alpha value is -3.19. The number of halogens is 2. The number of nitrogens with zero attached hydrogens (tertiary/aromatic N) is 4. The monoisotopic (exact) mass is 593 g/mol. The van der Waals surface area contributed by atoms with Crippen LogP contribution in [0.15, 0.2) is 43.0 Å². The molecule has 0 bridgehead atoms. The van der Waals surface area contributed by atoms with Crippen molar-refractivity contribution in [2.45, 2.75) is 55.5 Å². The average Bonchev–Trinajstić information content (AvgIpc) is 3.63. The van der Waals surface area contributed by atoms with Crippen LogP contribution in [0.5, 0.6) is 0 Å². The molecule has 3 aliphatic rings. The standard InChI is InChI=1S/C25H26F2N5O6PS/c26-25(27,39(36,37)38)15-1-6-20-14(9-15)10-21(40-20)22(33)29-18-4-2-16-3-5-19(32(16)23(18)34)24(35)31-11-17(12-31)30-8-7-28-13-30/h1,6-10,13,16-19H,2-5,11-12H2,(H,29,33)(H2,36,37,38)/t16-,18-,19-/m0/s1. The number of fused-ring (bicyclic) bond motifs is 2. The summed E-state index contributed by atoms with van der Waals surface area (Å²) in [5.41, 5.74) is -5.22. The van der Waals surface area contributed by atoms with Crippen LogP contribution in [-0.2, 0) is 19.8 Å². The molecule has 3 N–H and O–H groups in total. The second-order valence-electron chi connectivity index (χ2n) is 10.5. The lowest BCUT2D eigenvalue weighted by Gasteiger charge is -2.44. The van der Waals surface area contributed by atoms with Crippen LogP contribution in [0.25, 0.3) is 10.1 Å². The van der Waals surface area contributed by atoms with Gasteiger partial charge in [-0.25, -0.2) is 4.98 Å². The molecule has 3 aliphatic heterocycles. The first-order chi connectivity index (χ1) is 18.9. The number of aromatic nitrogens is 2. The fourth-order valence-electron chi connectivity index (χ4n) is 5.80. The molecule has 15 heteroatoms. The van der Waals surface area contributed by atoms with Gasteiger partial charge in [0, 0.05) is 41.8 Å². The number of piperidine rings is 1. The van der Waals surface area contributed by atoms with Gasteiger partial charge in [0.25, 0.3) is 5.91 Å². The quantitative estimate of drug-likeness (QED) is 0.373. The molecular formula is C25H26F2N5O6PS. The first-order valence-electron chi connectivity index (χ1n) is 12.8. The number of hydrogen-bond acceptors (Lipinski definition) is 6. The third-order valence-corrected chi connectivity index (χ3v) is 10.1. The van der Waals surface area contributed by atoms with Crippen LogP contribution in [0, 0.1) is 0 Å². The van der Waals surface area contributed by atoms with E-state index < -0.39 is 36.8 Å². The molecule has 0 aliphatic carbocycles. The molecule has 3 amide bonds. The number of carbonyl (C=O) groups is 3. The molecule has 6 rings (SSSR count). The number of imidazole rings is 1. The molecule has 11 nitrogen and oxygen atoms in total. The van der Waals surface area contributed by atoms with Crippen molar-refractivity contribution in [2.75, 3.05) is 13.1 Å². The van der Waals surface area contributed by atoms with Gasteiger partial charge >= 0.3 is 13.3 Å². The van der Waals surface area contributed by atoms with E-state index in [0.29, 0.717) is 37.1 Å². The summed E-state index contributed by atoms with van der Waals surface area (Å²) in [6, 6.07) is 3.21. The molecule has 0 saturated carbocycles. The zero-order chi connectivity index (χ0) is 28.4. The van der Waals surface area contributed by atoms with Gasteiger partial charge in [-0.05, 0) is 49.3 Å². The van der Waals surface area contributed by atoms with Gasteiger partial charge in [-0.1, -0.05) is 6.07 Å². The van der Waals surface area contributed by atoms with Crippen molar-refractivity contribution in [3.63, 3.8) is 0 Å². The van der Waals surface area contributed by atoms with Crippen LogP contribution >= 0.6 is 18.9 Å². The lowest BCUT2D eigenvalue weighted by Crippen LogP contribution is -2.61. The van der Waals surface area contributed by atoms with Crippen LogP contribution < -0.4 is 5.32 Å². The van der Waals surface area contributed by atoms with E-state index in [4.69, 9.17) is 9.79 Å². The highest BCUT2D eigenvalue weighted by molar-refractivity contribution is 7.52. The highest BCUT2D eigenvalue weighted by Gasteiger charge is 2.51. The first kappa shape index (κ1) is 27.0. The summed E-state index contributed by atoms with van der Waals surface area (Å²) in [6.07, 6.45) is 7.61. The highest BCUT2D eigenvalue weighted by atomic mass is 32.1. The van der Waals surface area contributed by atoms with Gasteiger partial charge in [-0.2, -0.15) is 8.78 Å². The maximum atomic E-state index is 14.2. The summed E-state index contributed by atoms with van der Waals surface area (Å²) in [7, 11) is -5.73. The van der Waals surface area contributed by atoms with E-state index in [0.717, 1.165) is 29.9 Å².